The molecule has 5 rings (SSSR count). The number of esters is 1. The number of thiophene rings is 1. The van der Waals surface area contributed by atoms with Gasteiger partial charge in [0, 0.05) is 48.9 Å². The third-order valence-corrected chi connectivity index (χ3v) is 11.6. The molecule has 1 aliphatic carbocycles. The van der Waals surface area contributed by atoms with E-state index in [0.717, 1.165) is 78.5 Å². The smallest absolute Gasteiger partial charge is 0.337 e. The number of ether oxygens (including phenoxy) is 1. The van der Waals surface area contributed by atoms with Gasteiger partial charge in [-0.15, -0.1) is 22.9 Å². The minimum atomic E-state index is -0.350. The Bertz CT molecular complexity index is 1910. The summed E-state index contributed by atoms with van der Waals surface area (Å²) in [5.41, 5.74) is 6.57. The summed E-state index contributed by atoms with van der Waals surface area (Å²) < 4.78 is 4.78. The molecule has 286 valence electrons. The van der Waals surface area contributed by atoms with E-state index in [2.05, 4.69) is 29.4 Å². The van der Waals surface area contributed by atoms with Crippen LogP contribution in [0.3, 0.4) is 0 Å². The molecule has 9 nitrogen and oxygen atoms in total. The number of alkyl halides is 1. The highest BCUT2D eigenvalue weighted by molar-refractivity contribution is 7.17. The first-order valence-electron chi connectivity index (χ1n) is 18.8. The molecule has 4 aromatic rings. The number of anilines is 2. The number of benzene rings is 3. The molecule has 0 saturated carbocycles. The van der Waals surface area contributed by atoms with E-state index >= 15 is 0 Å². The number of hydrogen-bond donors (Lipinski definition) is 2. The second-order valence-electron chi connectivity index (χ2n) is 13.8. The zero-order valence-corrected chi connectivity index (χ0v) is 33.3. The molecule has 0 radical (unpaired) electrons. The van der Waals surface area contributed by atoms with Crippen LogP contribution in [0.15, 0.2) is 72.8 Å². The predicted octanol–water partition coefficient (Wildman–Crippen LogP) is 8.39. The molecule has 0 spiro atoms. The number of hydrogen-bond acceptors (Lipinski definition) is 7. The number of halogens is 1. The van der Waals surface area contributed by atoms with Crippen LogP contribution in [0.4, 0.5) is 10.7 Å². The highest BCUT2D eigenvalue weighted by Gasteiger charge is 2.27. The lowest BCUT2D eigenvalue weighted by Gasteiger charge is -2.32. The van der Waals surface area contributed by atoms with Gasteiger partial charge in [-0.1, -0.05) is 50.2 Å². The van der Waals surface area contributed by atoms with Crippen molar-refractivity contribution in [3.63, 3.8) is 0 Å². The Kier molecular flexibility index (Phi) is 14.8. The van der Waals surface area contributed by atoms with Crippen molar-refractivity contribution in [2.24, 2.45) is 0 Å². The average molecular weight is 771 g/mol. The monoisotopic (exact) mass is 770 g/mol. The molecule has 0 bridgehead atoms. The lowest BCUT2D eigenvalue weighted by molar-refractivity contribution is -0.127. The summed E-state index contributed by atoms with van der Waals surface area (Å²) in [5.74, 6) is -0.972. The molecule has 0 fully saturated rings. The van der Waals surface area contributed by atoms with Gasteiger partial charge in [0.15, 0.2) is 0 Å². The van der Waals surface area contributed by atoms with Gasteiger partial charge in [0.05, 0.1) is 18.2 Å². The molecule has 54 heavy (non-hydrogen) atoms. The Morgan fingerprint density at radius 3 is 2.13 bits per heavy atom. The quantitative estimate of drug-likeness (QED) is 0.0826. The van der Waals surface area contributed by atoms with E-state index in [0.29, 0.717) is 53.1 Å². The lowest BCUT2D eigenvalue weighted by atomic mass is 9.95. The Morgan fingerprint density at radius 1 is 0.815 bits per heavy atom. The van der Waals surface area contributed by atoms with Gasteiger partial charge in [-0.25, -0.2) is 4.79 Å². The molecule has 0 atom stereocenters. The summed E-state index contributed by atoms with van der Waals surface area (Å²) in [6, 6.07) is 23.3. The molecular weight excluding hydrogens is 720 g/mol. The van der Waals surface area contributed by atoms with Gasteiger partial charge in [-0.2, -0.15) is 0 Å². The third-order valence-electron chi connectivity index (χ3n) is 10.2. The van der Waals surface area contributed by atoms with E-state index in [1.54, 1.807) is 30.1 Å². The van der Waals surface area contributed by atoms with Crippen LogP contribution in [0.1, 0.15) is 97.7 Å². The second kappa shape index (κ2) is 19.7. The first kappa shape index (κ1) is 40.7. The first-order valence-corrected chi connectivity index (χ1v) is 20.1. The summed E-state index contributed by atoms with van der Waals surface area (Å²) in [6.45, 7) is 6.23. The van der Waals surface area contributed by atoms with Crippen molar-refractivity contribution in [3.8, 4) is 0 Å². The number of rotatable bonds is 17. The van der Waals surface area contributed by atoms with Crippen molar-refractivity contribution in [1.82, 2.24) is 9.80 Å². The summed E-state index contributed by atoms with van der Waals surface area (Å²) in [4.78, 5) is 56.7. The fourth-order valence-corrected chi connectivity index (χ4v) is 8.46. The fourth-order valence-electron chi connectivity index (χ4n) is 6.98. The number of aryl methyl sites for hydroxylation is 3. The van der Waals surface area contributed by atoms with Crippen LogP contribution in [-0.4, -0.2) is 72.7 Å². The van der Waals surface area contributed by atoms with Crippen LogP contribution in [0.25, 0.3) is 0 Å². The van der Waals surface area contributed by atoms with E-state index in [4.69, 9.17) is 16.3 Å². The van der Waals surface area contributed by atoms with Gasteiger partial charge in [0.2, 0.25) is 5.91 Å². The van der Waals surface area contributed by atoms with Crippen molar-refractivity contribution in [1.29, 1.82) is 0 Å². The topological polar surface area (TPSA) is 108 Å². The van der Waals surface area contributed by atoms with E-state index in [9.17, 15) is 19.2 Å². The second-order valence-corrected chi connectivity index (χ2v) is 15.2. The van der Waals surface area contributed by atoms with E-state index in [-0.39, 0.29) is 29.6 Å². The highest BCUT2D eigenvalue weighted by Crippen LogP contribution is 2.39. The largest absolute Gasteiger partial charge is 0.465 e. The van der Waals surface area contributed by atoms with Gasteiger partial charge in [0.1, 0.15) is 10.9 Å². The van der Waals surface area contributed by atoms with Crippen molar-refractivity contribution >= 4 is 57.3 Å². The van der Waals surface area contributed by atoms with Crippen LogP contribution >= 0.6 is 22.9 Å². The molecule has 11 heteroatoms. The molecule has 1 heterocycles. The zero-order valence-electron chi connectivity index (χ0n) is 31.7. The van der Waals surface area contributed by atoms with E-state index in [1.165, 1.54) is 18.4 Å². The molecule has 3 aromatic carbocycles. The number of nitrogens with one attached hydrogen (secondary N) is 2. The van der Waals surface area contributed by atoms with Crippen LogP contribution in [0.2, 0.25) is 0 Å². The number of likely N-dealkylation sites (N-methyl/N-ethyl adjacent to an activating group) is 1. The summed E-state index contributed by atoms with van der Waals surface area (Å²) in [5, 5.41) is 6.78. The van der Waals surface area contributed by atoms with Crippen LogP contribution in [-0.2, 0) is 41.8 Å². The van der Waals surface area contributed by atoms with Crippen molar-refractivity contribution in [3.05, 3.63) is 117 Å². The van der Waals surface area contributed by atoms with Gasteiger partial charge in [-0.3, -0.25) is 19.3 Å². The Labute approximate surface area is 328 Å². The summed E-state index contributed by atoms with van der Waals surface area (Å²) in [7, 11) is 3.14. The fraction of sp³-hybridized carbons (Fsp3) is 0.395. The number of carbonyl (C=O) groups excluding carboxylic acids is 4. The molecule has 0 aliphatic heterocycles. The maximum Gasteiger partial charge on any atom is 0.337 e. The maximum absolute atomic E-state index is 13.9. The standard InChI is InChI=1S/C43H51ClN4O5S/c1-5-35(6-2)48(25-24-47(3)38(49)27-44)28-31-10-9-11-33(26-31)40(50)46-42-39(36-12-7-8-13-37(36)54-42)41(51)45-34-22-18-30(19-23-34)15-14-29-16-20-32(21-17-29)43(52)53-4/h9-11,16-23,26,35H,5-8,12-15,24-25,27-28H2,1-4H3,(H,45,51)(H,46,50). The van der Waals surface area contributed by atoms with Crippen LogP contribution in [0, 0.1) is 0 Å². The van der Waals surface area contributed by atoms with Gasteiger partial charge in [-0.05, 0) is 110 Å². The number of amides is 3. The SMILES string of the molecule is CCC(CC)N(CCN(C)C(=O)CCl)Cc1cccc(C(=O)Nc2sc3c(c2C(=O)Nc2ccc(CCc4ccc(C(=O)OC)cc4)cc2)CCCC3)c1. The molecule has 0 unspecified atom stereocenters. The maximum atomic E-state index is 13.9. The highest BCUT2D eigenvalue weighted by atomic mass is 35.5. The van der Waals surface area contributed by atoms with E-state index < -0.39 is 0 Å². The number of methoxy groups -OCH3 is 1. The van der Waals surface area contributed by atoms with Gasteiger partial charge >= 0.3 is 5.97 Å². The summed E-state index contributed by atoms with van der Waals surface area (Å²) >= 11 is 7.28. The lowest BCUT2D eigenvalue weighted by Crippen LogP contribution is -2.41. The van der Waals surface area contributed by atoms with Gasteiger partial charge in [0.25, 0.3) is 11.8 Å². The van der Waals surface area contributed by atoms with E-state index in [1.807, 2.05) is 54.6 Å². The average Bonchev–Trinajstić information content (AvgIpc) is 3.57. The van der Waals surface area contributed by atoms with Crippen molar-refractivity contribution in [2.75, 3.05) is 43.8 Å². The Balaban J connectivity index is 1.26. The van der Waals surface area contributed by atoms with Crippen LogP contribution in [0.5, 0.6) is 0 Å². The number of fused-ring (bicyclic) bond motifs is 1. The molecule has 3 amide bonds. The zero-order chi connectivity index (χ0) is 38.6. The molecule has 1 aromatic heterocycles. The molecular formula is C43H51ClN4O5S. The van der Waals surface area contributed by atoms with Gasteiger partial charge < -0.3 is 20.3 Å². The summed E-state index contributed by atoms with van der Waals surface area (Å²) in [6.07, 6.45) is 7.32. The number of nitrogens with zero attached hydrogens (tertiary/aromatic N) is 2. The first-order chi connectivity index (χ1) is 26.1. The third kappa shape index (κ3) is 10.6. The van der Waals surface area contributed by atoms with Crippen LogP contribution < -0.4 is 10.6 Å². The normalized spacial score (nSPS) is 12.4. The molecule has 2 N–H and O–H groups in total. The number of carbonyl (C=O) groups is 4. The molecule has 0 saturated heterocycles. The Hall–Kier alpha value is -4.51. The molecule has 1 aliphatic rings. The van der Waals surface area contributed by atoms with Crippen molar-refractivity contribution < 1.29 is 23.9 Å². The predicted molar refractivity (Wildman–Crippen MR) is 218 cm³/mol. The van der Waals surface area contributed by atoms with Crippen molar-refractivity contribution in [2.45, 2.75) is 77.8 Å². The Morgan fingerprint density at radius 2 is 1.48 bits per heavy atom. The minimum absolute atomic E-state index is 0.0397. The minimum Gasteiger partial charge on any atom is -0.465 e.